The fraction of sp³-hybridized carbons (Fsp3) is 0.263. The number of nitrogens with zero attached hydrogens (tertiary/aromatic N) is 4. The van der Waals surface area contributed by atoms with Gasteiger partial charge in [-0.25, -0.2) is 0 Å². The largest absolute Gasteiger partial charge is 0.387 e. The average Bonchev–Trinajstić information content (AvgIpc) is 3.01. The van der Waals surface area contributed by atoms with Crippen molar-refractivity contribution in [2.24, 2.45) is 7.05 Å². The third-order valence-corrected chi connectivity index (χ3v) is 5.68. The van der Waals surface area contributed by atoms with Crippen molar-refractivity contribution in [2.45, 2.75) is 0 Å². The topological polar surface area (TPSA) is 80.4 Å². The number of rotatable bonds is 4. The molecule has 3 aromatic rings. The second-order valence-electron chi connectivity index (χ2n) is 6.16. The van der Waals surface area contributed by atoms with Gasteiger partial charge in [0.25, 0.3) is 11.3 Å². The van der Waals surface area contributed by atoms with Gasteiger partial charge in [0.05, 0.1) is 30.7 Å². The molecule has 8 heteroatoms. The molecule has 3 heterocycles. The molecule has 27 heavy (non-hydrogen) atoms. The van der Waals surface area contributed by atoms with E-state index in [2.05, 4.69) is 11.1 Å². The maximum absolute atomic E-state index is 12.4. The van der Waals surface area contributed by atoms with Gasteiger partial charge in [0.1, 0.15) is 6.07 Å². The molecule has 0 N–H and O–H groups in total. The molecule has 2 aromatic heterocycles. The van der Waals surface area contributed by atoms with Gasteiger partial charge in [0.2, 0.25) is 0 Å². The molecule has 138 valence electrons. The number of ether oxygens (including phenoxy) is 1. The van der Waals surface area contributed by atoms with Gasteiger partial charge in [-0.2, -0.15) is 13.8 Å². The van der Waals surface area contributed by atoms with Crippen LogP contribution in [0.3, 0.4) is 0 Å². The minimum absolute atomic E-state index is 0.395. The second-order valence-corrected chi connectivity index (χ2v) is 7.28. The summed E-state index contributed by atoms with van der Waals surface area (Å²) in [6.45, 7) is 2.19. The van der Waals surface area contributed by atoms with Crippen molar-refractivity contribution in [2.75, 3.05) is 26.3 Å². The molecule has 1 saturated heterocycles. The highest BCUT2D eigenvalue weighted by Crippen LogP contribution is 2.33. The third-order valence-electron chi connectivity index (χ3n) is 4.55. The number of hydrogen-bond acceptors (Lipinski definition) is 5. The van der Waals surface area contributed by atoms with Crippen molar-refractivity contribution in [3.8, 4) is 23.1 Å². The highest BCUT2D eigenvalue weighted by atomic mass is 32.2. The molecule has 1 atom stereocenters. The number of aromatic nitrogens is 2. The first kappa shape index (κ1) is 17.7. The predicted molar refractivity (Wildman–Crippen MR) is 102 cm³/mol. The van der Waals surface area contributed by atoms with Crippen molar-refractivity contribution >= 4 is 22.2 Å². The SMILES string of the molecule is Cn1c(-c2cncc(OS(=O)N3CCOCC3)c2)c(C#N)c2ccccc21. The molecule has 0 amide bonds. The van der Waals surface area contributed by atoms with E-state index in [1.54, 1.807) is 16.6 Å². The Bertz CT molecular complexity index is 1050. The van der Waals surface area contributed by atoms with Crippen molar-refractivity contribution in [3.05, 3.63) is 48.3 Å². The zero-order valence-corrected chi connectivity index (χ0v) is 15.6. The highest BCUT2D eigenvalue weighted by molar-refractivity contribution is 7.78. The van der Waals surface area contributed by atoms with Crippen LogP contribution >= 0.6 is 0 Å². The van der Waals surface area contributed by atoms with E-state index in [-0.39, 0.29) is 0 Å². The molecule has 0 bridgehead atoms. The van der Waals surface area contributed by atoms with Crippen LogP contribution in [0.1, 0.15) is 5.56 Å². The van der Waals surface area contributed by atoms with Crippen LogP contribution in [0.15, 0.2) is 42.7 Å². The molecule has 1 aliphatic heterocycles. The number of morpholine rings is 1. The highest BCUT2D eigenvalue weighted by Gasteiger charge is 2.20. The number of benzene rings is 1. The van der Waals surface area contributed by atoms with Gasteiger partial charge in [-0.05, 0) is 12.1 Å². The van der Waals surface area contributed by atoms with Crippen molar-refractivity contribution in [3.63, 3.8) is 0 Å². The zero-order chi connectivity index (χ0) is 18.8. The molecule has 0 radical (unpaired) electrons. The van der Waals surface area contributed by atoms with E-state index in [0.29, 0.717) is 37.6 Å². The minimum Gasteiger partial charge on any atom is -0.387 e. The lowest BCUT2D eigenvalue weighted by Gasteiger charge is -2.24. The van der Waals surface area contributed by atoms with E-state index >= 15 is 0 Å². The number of aryl methyl sites for hydroxylation is 1. The Balaban J connectivity index is 1.69. The quantitative estimate of drug-likeness (QED) is 0.692. The van der Waals surface area contributed by atoms with E-state index in [1.165, 1.54) is 6.20 Å². The summed E-state index contributed by atoms with van der Waals surface area (Å²) >= 11 is -1.61. The Labute approximate surface area is 159 Å². The predicted octanol–water partition coefficient (Wildman–Crippen LogP) is 2.40. The van der Waals surface area contributed by atoms with Crippen LogP contribution in [0, 0.1) is 11.3 Å². The maximum Gasteiger partial charge on any atom is 0.290 e. The van der Waals surface area contributed by atoms with Crippen LogP contribution in [0.4, 0.5) is 0 Å². The van der Waals surface area contributed by atoms with Crippen molar-refractivity contribution < 1.29 is 13.1 Å². The second kappa shape index (κ2) is 7.48. The standard InChI is InChI=1S/C19H18N4O3S/c1-22-18-5-3-2-4-16(18)17(11-20)19(22)14-10-15(13-21-12-14)26-27(24)23-6-8-25-9-7-23/h2-5,10,12-13H,6-9H2,1H3. The number of pyridine rings is 1. The number of para-hydroxylation sites is 1. The van der Waals surface area contributed by atoms with E-state index in [1.807, 2.05) is 35.9 Å². The summed E-state index contributed by atoms with van der Waals surface area (Å²) in [5, 5.41) is 10.6. The van der Waals surface area contributed by atoms with Gasteiger partial charge in [0.15, 0.2) is 5.75 Å². The molecule has 1 fully saturated rings. The summed E-state index contributed by atoms with van der Waals surface area (Å²) in [6.07, 6.45) is 3.20. The van der Waals surface area contributed by atoms with Crippen LogP contribution in [0.2, 0.25) is 0 Å². The Morgan fingerprint density at radius 1 is 1.26 bits per heavy atom. The maximum atomic E-state index is 12.4. The molecule has 0 aliphatic carbocycles. The Morgan fingerprint density at radius 2 is 2.04 bits per heavy atom. The summed E-state index contributed by atoms with van der Waals surface area (Å²) in [5.41, 5.74) is 3.05. The van der Waals surface area contributed by atoms with E-state index in [9.17, 15) is 9.47 Å². The molecular weight excluding hydrogens is 364 g/mol. The van der Waals surface area contributed by atoms with Crippen LogP contribution in [0.5, 0.6) is 5.75 Å². The fourth-order valence-electron chi connectivity index (χ4n) is 3.27. The number of nitriles is 1. The monoisotopic (exact) mass is 382 g/mol. The van der Waals surface area contributed by atoms with Gasteiger partial charge >= 0.3 is 0 Å². The molecule has 0 spiro atoms. The molecule has 1 aromatic carbocycles. The lowest BCUT2D eigenvalue weighted by atomic mass is 10.1. The smallest absolute Gasteiger partial charge is 0.290 e. The van der Waals surface area contributed by atoms with Gasteiger partial charge < -0.3 is 13.5 Å². The molecule has 1 unspecified atom stereocenters. The van der Waals surface area contributed by atoms with Gasteiger partial charge in [-0.1, -0.05) is 18.2 Å². The van der Waals surface area contributed by atoms with E-state index < -0.39 is 11.3 Å². The van der Waals surface area contributed by atoms with Crippen LogP contribution in [-0.4, -0.2) is 44.4 Å². The summed E-state index contributed by atoms with van der Waals surface area (Å²) in [6, 6.07) is 11.8. The molecular formula is C19H18N4O3S. The van der Waals surface area contributed by atoms with Crippen LogP contribution in [0.25, 0.3) is 22.2 Å². The van der Waals surface area contributed by atoms with E-state index in [4.69, 9.17) is 8.92 Å². The van der Waals surface area contributed by atoms with E-state index in [0.717, 1.165) is 22.2 Å². The normalized spacial score (nSPS) is 16.1. The summed E-state index contributed by atoms with van der Waals surface area (Å²) in [7, 11) is 1.91. The number of fused-ring (bicyclic) bond motifs is 1. The molecule has 4 rings (SSSR count). The Kier molecular flexibility index (Phi) is 4.90. The third kappa shape index (κ3) is 3.32. The first-order valence-electron chi connectivity index (χ1n) is 8.55. The minimum atomic E-state index is -1.61. The lowest BCUT2D eigenvalue weighted by Crippen LogP contribution is -2.39. The first-order valence-corrected chi connectivity index (χ1v) is 9.58. The average molecular weight is 382 g/mol. The van der Waals surface area contributed by atoms with Gasteiger partial charge in [-0.15, -0.1) is 0 Å². The summed E-state index contributed by atoms with van der Waals surface area (Å²) in [5.74, 6) is 0.395. The number of hydrogen-bond donors (Lipinski definition) is 0. The van der Waals surface area contributed by atoms with Crippen LogP contribution in [-0.2, 0) is 23.1 Å². The summed E-state index contributed by atoms with van der Waals surface area (Å²) in [4.78, 5) is 4.22. The Hall–Kier alpha value is -2.73. The van der Waals surface area contributed by atoms with Gasteiger partial charge in [-0.3, -0.25) is 4.98 Å². The van der Waals surface area contributed by atoms with Crippen molar-refractivity contribution in [1.82, 2.24) is 13.9 Å². The molecule has 0 saturated carbocycles. The fourth-order valence-corrected chi connectivity index (χ4v) is 4.08. The molecule has 7 nitrogen and oxygen atoms in total. The van der Waals surface area contributed by atoms with Crippen LogP contribution < -0.4 is 4.18 Å². The molecule has 1 aliphatic rings. The summed E-state index contributed by atoms with van der Waals surface area (Å²) < 4.78 is 27.0. The first-order chi connectivity index (χ1) is 13.2. The Morgan fingerprint density at radius 3 is 2.81 bits per heavy atom. The zero-order valence-electron chi connectivity index (χ0n) is 14.8. The lowest BCUT2D eigenvalue weighted by molar-refractivity contribution is 0.0728. The van der Waals surface area contributed by atoms with Gasteiger partial charge in [0, 0.05) is 42.8 Å². The van der Waals surface area contributed by atoms with Crippen molar-refractivity contribution in [1.29, 1.82) is 5.26 Å².